The molecule has 0 atom stereocenters. The Morgan fingerprint density at radius 2 is 1.33 bits per heavy atom. The average Bonchev–Trinajstić information content (AvgIpc) is 2.73. The average molecular weight is 374 g/mol. The summed E-state index contributed by atoms with van der Waals surface area (Å²) in [7, 11) is -1.44. The van der Waals surface area contributed by atoms with Gasteiger partial charge >= 0.3 is 0 Å². The van der Waals surface area contributed by atoms with E-state index < -0.39 is 7.14 Å². The van der Waals surface area contributed by atoms with Crippen LogP contribution in [0.15, 0.2) is 103 Å². The molecule has 3 aromatic rings. The molecular weight excluding hydrogens is 351 g/mol. The van der Waals surface area contributed by atoms with Crippen LogP contribution in [0.2, 0.25) is 0 Å². The molecule has 0 spiro atoms. The van der Waals surface area contributed by atoms with E-state index in [1.807, 2.05) is 97.9 Å². The standard InChI is InChI=1S/C24H23O2P/c1-19(2)18-24(20-14-16-21(26-3)17-15-20)27(25,22-10-6-4-7-11-22)23-12-8-5-9-13-23/h4-18H,1H2,2-3H3/b24-18+. The summed E-state index contributed by atoms with van der Waals surface area (Å²) < 4.78 is 19.9. The minimum absolute atomic E-state index is 0.766. The van der Waals surface area contributed by atoms with Gasteiger partial charge in [-0.1, -0.05) is 84.9 Å². The van der Waals surface area contributed by atoms with Gasteiger partial charge in [-0.25, -0.2) is 0 Å². The normalized spacial score (nSPS) is 11.9. The third kappa shape index (κ3) is 3.97. The Morgan fingerprint density at radius 3 is 1.74 bits per heavy atom. The van der Waals surface area contributed by atoms with Crippen LogP contribution in [0.5, 0.6) is 5.75 Å². The van der Waals surface area contributed by atoms with Crippen molar-refractivity contribution in [3.05, 3.63) is 109 Å². The van der Waals surface area contributed by atoms with Crippen LogP contribution in [-0.2, 0) is 4.57 Å². The Bertz CT molecular complexity index is 944. The minimum atomic E-state index is -3.07. The summed E-state index contributed by atoms with van der Waals surface area (Å²) in [6.07, 6.45) is 1.93. The van der Waals surface area contributed by atoms with E-state index in [0.717, 1.165) is 32.8 Å². The van der Waals surface area contributed by atoms with Crippen LogP contribution >= 0.6 is 7.14 Å². The third-order valence-electron chi connectivity index (χ3n) is 4.35. The molecule has 0 aromatic heterocycles. The predicted octanol–water partition coefficient (Wildman–Crippen LogP) is 5.63. The van der Waals surface area contributed by atoms with Crippen molar-refractivity contribution < 1.29 is 9.30 Å². The fourth-order valence-corrected chi connectivity index (χ4v) is 6.01. The molecule has 0 heterocycles. The third-order valence-corrected chi connectivity index (χ3v) is 7.46. The zero-order valence-corrected chi connectivity index (χ0v) is 16.5. The first-order valence-electron chi connectivity index (χ1n) is 8.79. The van der Waals surface area contributed by atoms with Gasteiger partial charge in [-0.2, -0.15) is 0 Å². The number of hydrogen-bond donors (Lipinski definition) is 0. The Morgan fingerprint density at radius 1 is 0.852 bits per heavy atom. The highest BCUT2D eigenvalue weighted by molar-refractivity contribution is 7.87. The lowest BCUT2D eigenvalue weighted by atomic mass is 10.1. The number of hydrogen-bond acceptors (Lipinski definition) is 2. The predicted molar refractivity (Wildman–Crippen MR) is 116 cm³/mol. The Hall–Kier alpha value is -2.83. The van der Waals surface area contributed by atoms with Gasteiger partial charge in [0.05, 0.1) is 7.11 Å². The smallest absolute Gasteiger partial charge is 0.171 e. The van der Waals surface area contributed by atoms with Crippen molar-refractivity contribution in [3.63, 3.8) is 0 Å². The van der Waals surface area contributed by atoms with Crippen molar-refractivity contribution in [2.45, 2.75) is 6.92 Å². The lowest BCUT2D eigenvalue weighted by Gasteiger charge is -2.23. The van der Waals surface area contributed by atoms with E-state index in [-0.39, 0.29) is 0 Å². The van der Waals surface area contributed by atoms with E-state index in [9.17, 15) is 4.57 Å². The number of benzene rings is 3. The van der Waals surface area contributed by atoms with Gasteiger partial charge in [-0.05, 0) is 30.7 Å². The second-order valence-electron chi connectivity index (χ2n) is 6.38. The van der Waals surface area contributed by atoms with E-state index >= 15 is 0 Å². The molecule has 0 amide bonds. The first-order chi connectivity index (χ1) is 13.1. The van der Waals surface area contributed by atoms with E-state index in [1.165, 1.54) is 0 Å². The first-order valence-corrected chi connectivity index (χ1v) is 10.5. The summed E-state index contributed by atoms with van der Waals surface area (Å²) in [5.74, 6) is 0.766. The number of methoxy groups -OCH3 is 1. The second kappa shape index (κ2) is 8.24. The molecule has 3 rings (SSSR count). The lowest BCUT2D eigenvalue weighted by Crippen LogP contribution is -2.17. The molecule has 0 unspecified atom stereocenters. The van der Waals surface area contributed by atoms with Crippen LogP contribution in [0.3, 0.4) is 0 Å². The fourth-order valence-electron chi connectivity index (χ4n) is 3.05. The quantitative estimate of drug-likeness (QED) is 0.413. The van der Waals surface area contributed by atoms with Crippen molar-refractivity contribution in [2.24, 2.45) is 0 Å². The maximum absolute atomic E-state index is 14.7. The van der Waals surface area contributed by atoms with Gasteiger partial charge in [0, 0.05) is 15.9 Å². The minimum Gasteiger partial charge on any atom is -0.497 e. The van der Waals surface area contributed by atoms with Crippen LogP contribution in [0, 0.1) is 0 Å². The summed E-state index contributed by atoms with van der Waals surface area (Å²) in [4.78, 5) is 0. The molecule has 0 saturated carbocycles. The second-order valence-corrected chi connectivity index (χ2v) is 9.12. The van der Waals surface area contributed by atoms with Gasteiger partial charge in [0.1, 0.15) is 5.75 Å². The molecule has 0 aliphatic heterocycles. The molecule has 3 aromatic carbocycles. The number of rotatable bonds is 6. The van der Waals surface area contributed by atoms with Crippen LogP contribution in [0.1, 0.15) is 12.5 Å². The highest BCUT2D eigenvalue weighted by atomic mass is 31.2. The van der Waals surface area contributed by atoms with Gasteiger partial charge in [0.15, 0.2) is 7.14 Å². The summed E-state index contributed by atoms with van der Waals surface area (Å²) in [5.41, 5.74) is 1.75. The Labute approximate surface area is 161 Å². The van der Waals surface area contributed by atoms with Gasteiger partial charge in [-0.3, -0.25) is 0 Å². The summed E-state index contributed by atoms with van der Waals surface area (Å²) >= 11 is 0. The molecule has 0 saturated heterocycles. The molecule has 0 radical (unpaired) electrons. The van der Waals surface area contributed by atoms with Gasteiger partial charge < -0.3 is 9.30 Å². The van der Waals surface area contributed by atoms with E-state index in [0.29, 0.717) is 0 Å². The largest absolute Gasteiger partial charge is 0.497 e. The highest BCUT2D eigenvalue weighted by Gasteiger charge is 2.32. The fraction of sp³-hybridized carbons (Fsp3) is 0.0833. The number of ether oxygens (including phenoxy) is 1. The van der Waals surface area contributed by atoms with Crippen LogP contribution < -0.4 is 15.3 Å². The molecule has 0 bridgehead atoms. The first kappa shape index (κ1) is 18.9. The molecular formula is C24H23O2P. The number of allylic oxidation sites excluding steroid dienone is 2. The lowest BCUT2D eigenvalue weighted by molar-refractivity contribution is 0.415. The maximum atomic E-state index is 14.7. The van der Waals surface area contributed by atoms with Gasteiger partial charge in [0.2, 0.25) is 0 Å². The van der Waals surface area contributed by atoms with Crippen molar-refractivity contribution in [1.82, 2.24) is 0 Å². The molecule has 2 nitrogen and oxygen atoms in total. The van der Waals surface area contributed by atoms with Gasteiger partial charge in [-0.15, -0.1) is 0 Å². The van der Waals surface area contributed by atoms with Crippen molar-refractivity contribution in [2.75, 3.05) is 7.11 Å². The molecule has 0 N–H and O–H groups in total. The SMILES string of the molecule is C=C(C)/C=C(\c1ccc(OC)cc1)P(=O)(c1ccccc1)c1ccccc1. The molecule has 0 fully saturated rings. The van der Waals surface area contributed by atoms with Crippen molar-refractivity contribution in [3.8, 4) is 5.75 Å². The zero-order valence-electron chi connectivity index (χ0n) is 15.6. The Kier molecular flexibility index (Phi) is 5.78. The summed E-state index contributed by atoms with van der Waals surface area (Å²) in [6, 6.07) is 27.0. The van der Waals surface area contributed by atoms with E-state index in [2.05, 4.69) is 6.58 Å². The maximum Gasteiger partial charge on any atom is 0.171 e. The van der Waals surface area contributed by atoms with Crippen LogP contribution in [0.25, 0.3) is 5.31 Å². The Balaban J connectivity index is 2.29. The van der Waals surface area contributed by atoms with Crippen LogP contribution in [-0.4, -0.2) is 7.11 Å². The molecule has 27 heavy (non-hydrogen) atoms. The summed E-state index contributed by atoms with van der Waals surface area (Å²) in [5, 5.41) is 2.38. The van der Waals surface area contributed by atoms with E-state index in [1.54, 1.807) is 7.11 Å². The molecule has 136 valence electrons. The molecule has 3 heteroatoms. The van der Waals surface area contributed by atoms with Crippen LogP contribution in [0.4, 0.5) is 0 Å². The van der Waals surface area contributed by atoms with Gasteiger partial charge in [0.25, 0.3) is 0 Å². The molecule has 0 aliphatic rings. The molecule has 0 aliphatic carbocycles. The highest BCUT2D eigenvalue weighted by Crippen LogP contribution is 2.57. The van der Waals surface area contributed by atoms with Crippen molar-refractivity contribution in [1.29, 1.82) is 0 Å². The van der Waals surface area contributed by atoms with Crippen molar-refractivity contribution >= 4 is 23.1 Å². The monoisotopic (exact) mass is 374 g/mol. The van der Waals surface area contributed by atoms with E-state index in [4.69, 9.17) is 4.74 Å². The zero-order chi connectivity index (χ0) is 19.3. The topological polar surface area (TPSA) is 26.3 Å². The summed E-state index contributed by atoms with van der Waals surface area (Å²) in [6.45, 7) is 5.95.